The molecule has 1 saturated heterocycles. The zero-order valence-electron chi connectivity index (χ0n) is 11.9. The van der Waals surface area contributed by atoms with Gasteiger partial charge in [-0.25, -0.2) is 0 Å². The Kier molecular flexibility index (Phi) is 3.20. The molecule has 3 unspecified atom stereocenters. The second-order valence-corrected chi connectivity index (χ2v) is 7.21. The van der Waals surface area contributed by atoms with Gasteiger partial charge in [0.2, 0.25) is 0 Å². The molecule has 3 nitrogen and oxygen atoms in total. The molecule has 1 aliphatic heterocycles. The third kappa shape index (κ3) is 1.75. The van der Waals surface area contributed by atoms with E-state index in [0.717, 1.165) is 32.0 Å². The Morgan fingerprint density at radius 1 is 1.28 bits per heavy atom. The van der Waals surface area contributed by atoms with Gasteiger partial charge in [-0.15, -0.1) is 0 Å². The van der Waals surface area contributed by atoms with Crippen LogP contribution in [0.4, 0.5) is 0 Å². The van der Waals surface area contributed by atoms with Gasteiger partial charge in [0.15, 0.2) is 0 Å². The monoisotopic (exact) mass is 252 g/mol. The lowest BCUT2D eigenvalue weighted by molar-refractivity contribution is -0.153. The first-order valence-corrected chi connectivity index (χ1v) is 7.67. The SMILES string of the molecule is CC1(C)C2OCCC2C1(N)CNCCC1CCC1. The van der Waals surface area contributed by atoms with Gasteiger partial charge in [-0.1, -0.05) is 33.1 Å². The molecule has 2 saturated carbocycles. The summed E-state index contributed by atoms with van der Waals surface area (Å²) in [5.41, 5.74) is 6.75. The van der Waals surface area contributed by atoms with Crippen molar-refractivity contribution in [2.75, 3.05) is 19.7 Å². The van der Waals surface area contributed by atoms with Gasteiger partial charge < -0.3 is 15.8 Å². The van der Waals surface area contributed by atoms with Gasteiger partial charge in [0.25, 0.3) is 0 Å². The van der Waals surface area contributed by atoms with Crippen LogP contribution >= 0.6 is 0 Å². The predicted molar refractivity (Wildman–Crippen MR) is 73.4 cm³/mol. The number of hydrogen-bond donors (Lipinski definition) is 2. The van der Waals surface area contributed by atoms with Crippen molar-refractivity contribution >= 4 is 0 Å². The van der Waals surface area contributed by atoms with E-state index in [2.05, 4.69) is 19.2 Å². The van der Waals surface area contributed by atoms with Crippen LogP contribution in [-0.2, 0) is 4.74 Å². The number of nitrogens with one attached hydrogen (secondary N) is 1. The first-order chi connectivity index (χ1) is 8.56. The quantitative estimate of drug-likeness (QED) is 0.735. The lowest BCUT2D eigenvalue weighted by Crippen LogP contribution is -2.78. The van der Waals surface area contributed by atoms with Gasteiger partial charge >= 0.3 is 0 Å². The number of fused-ring (bicyclic) bond motifs is 1. The van der Waals surface area contributed by atoms with Crippen molar-refractivity contribution in [1.29, 1.82) is 0 Å². The Morgan fingerprint density at radius 3 is 2.72 bits per heavy atom. The summed E-state index contributed by atoms with van der Waals surface area (Å²) < 4.78 is 5.83. The summed E-state index contributed by atoms with van der Waals surface area (Å²) in [5, 5.41) is 3.61. The maximum absolute atomic E-state index is 6.69. The Balaban J connectivity index is 1.48. The molecule has 3 N–H and O–H groups in total. The fourth-order valence-electron chi connectivity index (χ4n) is 4.22. The van der Waals surface area contributed by atoms with Crippen molar-refractivity contribution < 1.29 is 4.74 Å². The summed E-state index contributed by atoms with van der Waals surface area (Å²) in [6.45, 7) is 7.54. The van der Waals surface area contributed by atoms with Crippen LogP contribution in [-0.4, -0.2) is 31.3 Å². The largest absolute Gasteiger partial charge is 0.377 e. The first kappa shape index (κ1) is 12.9. The van der Waals surface area contributed by atoms with Crippen LogP contribution in [0.1, 0.15) is 46.0 Å². The highest BCUT2D eigenvalue weighted by atomic mass is 16.5. The zero-order chi connectivity index (χ0) is 12.8. The molecule has 0 radical (unpaired) electrons. The highest BCUT2D eigenvalue weighted by Crippen LogP contribution is 2.57. The fraction of sp³-hybridized carbons (Fsp3) is 1.00. The van der Waals surface area contributed by atoms with Crippen molar-refractivity contribution in [2.45, 2.75) is 57.6 Å². The van der Waals surface area contributed by atoms with Crippen LogP contribution in [0.25, 0.3) is 0 Å². The first-order valence-electron chi connectivity index (χ1n) is 7.67. The van der Waals surface area contributed by atoms with Crippen LogP contribution < -0.4 is 11.1 Å². The number of nitrogens with two attached hydrogens (primary N) is 1. The molecular formula is C15H28N2O. The molecule has 0 aromatic rings. The molecule has 1 heterocycles. The molecule has 0 bridgehead atoms. The molecule has 0 aromatic carbocycles. The summed E-state index contributed by atoms with van der Waals surface area (Å²) in [4.78, 5) is 0. The van der Waals surface area contributed by atoms with Crippen molar-refractivity contribution in [3.05, 3.63) is 0 Å². The van der Waals surface area contributed by atoms with Crippen molar-refractivity contribution in [2.24, 2.45) is 23.0 Å². The van der Waals surface area contributed by atoms with Gasteiger partial charge in [0, 0.05) is 30.0 Å². The summed E-state index contributed by atoms with van der Waals surface area (Å²) in [5.74, 6) is 1.56. The number of ether oxygens (including phenoxy) is 1. The molecule has 0 aromatic heterocycles. The van der Waals surface area contributed by atoms with Crippen molar-refractivity contribution in [1.82, 2.24) is 5.32 Å². The molecule has 3 heteroatoms. The van der Waals surface area contributed by atoms with Gasteiger partial charge in [0.05, 0.1) is 6.10 Å². The summed E-state index contributed by atoms with van der Waals surface area (Å²) in [6.07, 6.45) is 7.21. The molecular weight excluding hydrogens is 224 g/mol. The third-order valence-electron chi connectivity index (χ3n) is 6.04. The van der Waals surface area contributed by atoms with Crippen LogP contribution in [0.3, 0.4) is 0 Å². The van der Waals surface area contributed by atoms with Crippen LogP contribution in [0.2, 0.25) is 0 Å². The fourth-order valence-corrected chi connectivity index (χ4v) is 4.22. The molecule has 3 aliphatic rings. The van der Waals surface area contributed by atoms with E-state index >= 15 is 0 Å². The summed E-state index contributed by atoms with van der Waals surface area (Å²) in [6, 6.07) is 0. The van der Waals surface area contributed by atoms with Gasteiger partial charge in [-0.3, -0.25) is 0 Å². The Morgan fingerprint density at radius 2 is 2.06 bits per heavy atom. The topological polar surface area (TPSA) is 47.3 Å². The maximum Gasteiger partial charge on any atom is 0.0691 e. The maximum atomic E-state index is 6.69. The van der Waals surface area contributed by atoms with Crippen molar-refractivity contribution in [3.63, 3.8) is 0 Å². The van der Waals surface area contributed by atoms with Gasteiger partial charge in [-0.2, -0.15) is 0 Å². The Labute approximate surface area is 111 Å². The lowest BCUT2D eigenvalue weighted by Gasteiger charge is -2.62. The molecule has 104 valence electrons. The highest BCUT2D eigenvalue weighted by molar-refractivity contribution is 5.21. The summed E-state index contributed by atoms with van der Waals surface area (Å²) >= 11 is 0. The summed E-state index contributed by atoms with van der Waals surface area (Å²) in [7, 11) is 0. The number of hydrogen-bond acceptors (Lipinski definition) is 3. The second-order valence-electron chi connectivity index (χ2n) is 7.21. The molecule has 0 spiro atoms. The minimum absolute atomic E-state index is 0.0617. The molecule has 2 aliphatic carbocycles. The van der Waals surface area contributed by atoms with E-state index in [9.17, 15) is 0 Å². The smallest absolute Gasteiger partial charge is 0.0691 e. The van der Waals surface area contributed by atoms with Gasteiger partial charge in [0.1, 0.15) is 0 Å². The Bertz CT molecular complexity index is 314. The second kappa shape index (κ2) is 4.46. The standard InChI is InChI=1S/C15H28N2O/c1-14(2)13-12(7-9-18-13)15(14,16)10-17-8-6-11-4-3-5-11/h11-13,17H,3-10,16H2,1-2H3. The van der Waals surface area contributed by atoms with Crippen LogP contribution in [0.5, 0.6) is 0 Å². The molecule has 18 heavy (non-hydrogen) atoms. The minimum atomic E-state index is -0.0617. The Hall–Kier alpha value is -0.120. The zero-order valence-corrected chi connectivity index (χ0v) is 11.9. The third-order valence-corrected chi connectivity index (χ3v) is 6.04. The normalized spacial score (nSPS) is 42.2. The highest BCUT2D eigenvalue weighted by Gasteiger charge is 2.67. The van der Waals surface area contributed by atoms with E-state index in [1.165, 1.54) is 25.7 Å². The van der Waals surface area contributed by atoms with Crippen LogP contribution in [0.15, 0.2) is 0 Å². The predicted octanol–water partition coefficient (Wildman–Crippen LogP) is 1.91. The minimum Gasteiger partial charge on any atom is -0.377 e. The van der Waals surface area contributed by atoms with E-state index < -0.39 is 0 Å². The lowest BCUT2D eigenvalue weighted by atomic mass is 9.48. The van der Waals surface area contributed by atoms with E-state index in [1.807, 2.05) is 0 Å². The van der Waals surface area contributed by atoms with E-state index in [4.69, 9.17) is 10.5 Å². The van der Waals surface area contributed by atoms with E-state index in [1.54, 1.807) is 0 Å². The van der Waals surface area contributed by atoms with Gasteiger partial charge in [-0.05, 0) is 25.3 Å². The number of rotatable bonds is 5. The van der Waals surface area contributed by atoms with E-state index in [-0.39, 0.29) is 11.0 Å². The average molecular weight is 252 g/mol. The van der Waals surface area contributed by atoms with Crippen molar-refractivity contribution in [3.8, 4) is 0 Å². The molecule has 3 rings (SSSR count). The average Bonchev–Trinajstić information content (AvgIpc) is 2.73. The molecule has 0 amide bonds. The molecule has 3 fully saturated rings. The van der Waals surface area contributed by atoms with Crippen LogP contribution in [0, 0.1) is 17.3 Å². The van der Waals surface area contributed by atoms with E-state index in [0.29, 0.717) is 12.0 Å². The molecule has 3 atom stereocenters.